The van der Waals surface area contributed by atoms with Gasteiger partial charge in [-0.1, -0.05) is 12.8 Å². The van der Waals surface area contributed by atoms with Gasteiger partial charge in [0.1, 0.15) is 0 Å². The quantitative estimate of drug-likeness (QED) is 0.845. The van der Waals surface area contributed by atoms with Crippen LogP contribution in [0.4, 0.5) is 5.69 Å². The van der Waals surface area contributed by atoms with Crippen LogP contribution in [0.25, 0.3) is 0 Å². The van der Waals surface area contributed by atoms with Crippen molar-refractivity contribution in [3.05, 3.63) is 24.0 Å². The van der Waals surface area contributed by atoms with Crippen LogP contribution in [0.2, 0.25) is 0 Å². The van der Waals surface area contributed by atoms with Gasteiger partial charge in [-0.25, -0.2) is 0 Å². The van der Waals surface area contributed by atoms with E-state index in [9.17, 15) is 0 Å². The minimum atomic E-state index is 0.524. The Kier molecular flexibility index (Phi) is 3.78. The molecule has 0 amide bonds. The second-order valence-corrected chi connectivity index (χ2v) is 4.44. The monoisotopic (exact) mass is 219 g/mol. The van der Waals surface area contributed by atoms with E-state index in [1.807, 2.05) is 12.3 Å². The Morgan fingerprint density at radius 1 is 1.38 bits per heavy atom. The molecular weight excluding hydrogens is 198 g/mol. The number of hydrogen-bond acceptors (Lipinski definition) is 3. The third-order valence-electron chi connectivity index (χ3n) is 3.46. The lowest BCUT2D eigenvalue weighted by Crippen LogP contribution is -2.33. The van der Waals surface area contributed by atoms with Gasteiger partial charge in [-0.05, 0) is 31.9 Å². The Labute approximate surface area is 97.7 Å². The van der Waals surface area contributed by atoms with Gasteiger partial charge < -0.3 is 10.6 Å². The molecule has 88 valence electrons. The van der Waals surface area contributed by atoms with Crippen LogP contribution in [0.1, 0.15) is 38.3 Å². The first-order valence-corrected chi connectivity index (χ1v) is 6.26. The van der Waals surface area contributed by atoms with E-state index in [4.69, 9.17) is 5.73 Å². The molecule has 1 aliphatic rings. The maximum absolute atomic E-state index is 5.55. The van der Waals surface area contributed by atoms with Crippen molar-refractivity contribution in [1.29, 1.82) is 0 Å². The van der Waals surface area contributed by atoms with Crippen molar-refractivity contribution in [3.8, 4) is 0 Å². The van der Waals surface area contributed by atoms with E-state index >= 15 is 0 Å². The predicted octanol–water partition coefficient (Wildman–Crippen LogP) is 2.31. The lowest BCUT2D eigenvalue weighted by Gasteiger charge is -2.29. The summed E-state index contributed by atoms with van der Waals surface area (Å²) in [6, 6.07) is 4.90. The lowest BCUT2D eigenvalue weighted by atomic mass is 10.2. The van der Waals surface area contributed by atoms with Crippen molar-refractivity contribution in [2.45, 2.75) is 45.2 Å². The van der Waals surface area contributed by atoms with Crippen LogP contribution in [0.15, 0.2) is 18.3 Å². The van der Waals surface area contributed by atoms with E-state index < -0.39 is 0 Å². The van der Waals surface area contributed by atoms with E-state index in [0.717, 1.165) is 18.3 Å². The predicted molar refractivity (Wildman–Crippen MR) is 67.4 cm³/mol. The highest BCUT2D eigenvalue weighted by Gasteiger charge is 2.21. The smallest absolute Gasteiger partial charge is 0.0555 e. The van der Waals surface area contributed by atoms with E-state index in [-0.39, 0.29) is 0 Å². The van der Waals surface area contributed by atoms with Crippen LogP contribution >= 0.6 is 0 Å². The lowest BCUT2D eigenvalue weighted by molar-refractivity contribution is 0.619. The molecule has 1 aromatic heterocycles. The molecule has 0 aromatic carbocycles. The molecule has 1 heterocycles. The number of hydrogen-bond donors (Lipinski definition) is 1. The number of rotatable bonds is 4. The van der Waals surface area contributed by atoms with Gasteiger partial charge >= 0.3 is 0 Å². The van der Waals surface area contributed by atoms with Crippen LogP contribution in [-0.2, 0) is 6.54 Å². The van der Waals surface area contributed by atoms with Crippen molar-refractivity contribution >= 4 is 5.69 Å². The van der Waals surface area contributed by atoms with Crippen molar-refractivity contribution in [3.63, 3.8) is 0 Å². The van der Waals surface area contributed by atoms with Gasteiger partial charge in [-0.15, -0.1) is 0 Å². The van der Waals surface area contributed by atoms with Crippen LogP contribution < -0.4 is 10.6 Å². The number of pyridine rings is 1. The fourth-order valence-corrected chi connectivity index (χ4v) is 2.57. The molecule has 0 aliphatic heterocycles. The average molecular weight is 219 g/mol. The molecule has 0 bridgehead atoms. The van der Waals surface area contributed by atoms with Gasteiger partial charge in [0.25, 0.3) is 0 Å². The van der Waals surface area contributed by atoms with Crippen LogP contribution in [-0.4, -0.2) is 17.6 Å². The number of anilines is 1. The molecule has 2 N–H and O–H groups in total. The van der Waals surface area contributed by atoms with Crippen LogP contribution in [0, 0.1) is 0 Å². The Morgan fingerprint density at radius 3 is 2.62 bits per heavy atom. The van der Waals surface area contributed by atoms with Gasteiger partial charge in [0.2, 0.25) is 0 Å². The number of nitrogens with zero attached hydrogens (tertiary/aromatic N) is 2. The molecule has 0 spiro atoms. The molecule has 0 saturated heterocycles. The zero-order chi connectivity index (χ0) is 11.4. The Balaban J connectivity index is 2.12. The SMILES string of the molecule is CCN(c1ccc(CN)nc1)C1CCCC1. The summed E-state index contributed by atoms with van der Waals surface area (Å²) >= 11 is 0. The third kappa shape index (κ3) is 2.35. The van der Waals surface area contributed by atoms with E-state index in [0.29, 0.717) is 6.54 Å². The molecular formula is C13H21N3. The highest BCUT2D eigenvalue weighted by molar-refractivity contribution is 5.45. The third-order valence-corrected chi connectivity index (χ3v) is 3.46. The zero-order valence-electron chi connectivity index (χ0n) is 10.0. The summed E-state index contributed by atoms with van der Waals surface area (Å²) in [5, 5.41) is 0. The van der Waals surface area contributed by atoms with Crippen molar-refractivity contribution < 1.29 is 0 Å². The highest BCUT2D eigenvalue weighted by atomic mass is 15.2. The molecule has 1 fully saturated rings. The topological polar surface area (TPSA) is 42.1 Å². The average Bonchev–Trinajstić information content (AvgIpc) is 2.85. The first-order chi connectivity index (χ1) is 7.85. The molecule has 2 rings (SSSR count). The molecule has 3 nitrogen and oxygen atoms in total. The van der Waals surface area contributed by atoms with Crippen molar-refractivity contribution in [1.82, 2.24) is 4.98 Å². The van der Waals surface area contributed by atoms with Gasteiger partial charge in [0.15, 0.2) is 0 Å². The standard InChI is InChI=1S/C13H21N3/c1-2-16(12-5-3-4-6-12)13-8-7-11(9-14)15-10-13/h7-8,10,12H,2-6,9,14H2,1H3. The number of nitrogens with two attached hydrogens (primary N) is 1. The van der Waals surface area contributed by atoms with Gasteiger partial charge in [0, 0.05) is 19.1 Å². The fraction of sp³-hybridized carbons (Fsp3) is 0.615. The second-order valence-electron chi connectivity index (χ2n) is 4.44. The summed E-state index contributed by atoms with van der Waals surface area (Å²) in [7, 11) is 0. The van der Waals surface area contributed by atoms with E-state index in [1.54, 1.807) is 0 Å². The van der Waals surface area contributed by atoms with Gasteiger partial charge in [-0.2, -0.15) is 0 Å². The molecule has 3 heteroatoms. The molecule has 1 aliphatic carbocycles. The minimum Gasteiger partial charge on any atom is -0.368 e. The number of aromatic nitrogens is 1. The summed E-state index contributed by atoms with van der Waals surface area (Å²) in [4.78, 5) is 6.84. The normalized spacial score (nSPS) is 16.6. The Bertz CT molecular complexity index is 314. The maximum atomic E-state index is 5.55. The van der Waals surface area contributed by atoms with Gasteiger partial charge in [-0.3, -0.25) is 4.98 Å². The highest BCUT2D eigenvalue weighted by Crippen LogP contribution is 2.27. The zero-order valence-corrected chi connectivity index (χ0v) is 10.0. The second kappa shape index (κ2) is 5.30. The summed E-state index contributed by atoms with van der Waals surface area (Å²) < 4.78 is 0. The molecule has 0 radical (unpaired) electrons. The van der Waals surface area contributed by atoms with Crippen LogP contribution in [0.5, 0.6) is 0 Å². The fourth-order valence-electron chi connectivity index (χ4n) is 2.57. The first-order valence-electron chi connectivity index (χ1n) is 6.26. The van der Waals surface area contributed by atoms with Crippen molar-refractivity contribution in [2.24, 2.45) is 5.73 Å². The molecule has 0 atom stereocenters. The first kappa shape index (κ1) is 11.4. The summed E-state index contributed by atoms with van der Waals surface area (Å²) in [5.41, 5.74) is 7.76. The van der Waals surface area contributed by atoms with Gasteiger partial charge in [0.05, 0.1) is 17.6 Å². The van der Waals surface area contributed by atoms with Crippen LogP contribution in [0.3, 0.4) is 0 Å². The molecule has 0 unspecified atom stereocenters. The summed E-state index contributed by atoms with van der Waals surface area (Å²) in [6.07, 6.45) is 7.36. The Morgan fingerprint density at radius 2 is 2.12 bits per heavy atom. The summed E-state index contributed by atoms with van der Waals surface area (Å²) in [6.45, 7) is 3.80. The summed E-state index contributed by atoms with van der Waals surface area (Å²) in [5.74, 6) is 0. The van der Waals surface area contributed by atoms with Crippen molar-refractivity contribution in [2.75, 3.05) is 11.4 Å². The molecule has 16 heavy (non-hydrogen) atoms. The maximum Gasteiger partial charge on any atom is 0.0555 e. The minimum absolute atomic E-state index is 0.524. The van der Waals surface area contributed by atoms with E-state index in [2.05, 4.69) is 22.9 Å². The molecule has 1 aromatic rings. The van der Waals surface area contributed by atoms with E-state index in [1.165, 1.54) is 31.4 Å². The molecule has 1 saturated carbocycles. The Hall–Kier alpha value is -1.09. The largest absolute Gasteiger partial charge is 0.368 e.